The first-order chi connectivity index (χ1) is 15.6. The van der Waals surface area contributed by atoms with E-state index < -0.39 is 17.7 Å². The first-order valence-corrected chi connectivity index (χ1v) is 10.7. The van der Waals surface area contributed by atoms with Crippen LogP contribution in [0.3, 0.4) is 0 Å². The van der Waals surface area contributed by atoms with Crippen LogP contribution in [0.2, 0.25) is 10.0 Å². The molecule has 3 rings (SSSR count). The molecule has 2 heterocycles. The minimum Gasteiger partial charge on any atom is -0.320 e. The monoisotopic (exact) mass is 488 g/mol. The third kappa shape index (κ3) is 5.50. The van der Waals surface area contributed by atoms with Crippen LogP contribution in [0, 0.1) is 6.92 Å². The highest BCUT2D eigenvalue weighted by Crippen LogP contribution is 2.28. The van der Waals surface area contributed by atoms with Gasteiger partial charge in [-0.15, -0.1) is 0 Å². The third-order valence-electron chi connectivity index (χ3n) is 4.63. The average molecular weight is 489 g/mol. The van der Waals surface area contributed by atoms with E-state index in [-0.39, 0.29) is 22.9 Å². The van der Waals surface area contributed by atoms with Crippen molar-refractivity contribution in [3.8, 4) is 5.82 Å². The summed E-state index contributed by atoms with van der Waals surface area (Å²) in [5, 5.41) is 7.90. The molecular formula is C22H22Cl2N6O3. The zero-order valence-corrected chi connectivity index (χ0v) is 19.9. The van der Waals surface area contributed by atoms with Gasteiger partial charge >= 0.3 is 0 Å². The van der Waals surface area contributed by atoms with Gasteiger partial charge in [0.05, 0.1) is 22.0 Å². The van der Waals surface area contributed by atoms with Gasteiger partial charge in [-0.1, -0.05) is 37.0 Å². The van der Waals surface area contributed by atoms with Crippen molar-refractivity contribution in [3.05, 3.63) is 69.1 Å². The van der Waals surface area contributed by atoms with Crippen molar-refractivity contribution in [2.45, 2.75) is 33.6 Å². The Morgan fingerprint density at radius 3 is 2.42 bits per heavy atom. The van der Waals surface area contributed by atoms with Gasteiger partial charge in [-0.3, -0.25) is 25.2 Å². The summed E-state index contributed by atoms with van der Waals surface area (Å²) in [6.45, 7) is 6.84. The number of rotatable bonds is 5. The lowest BCUT2D eigenvalue weighted by atomic mass is 10.1. The second-order valence-corrected chi connectivity index (χ2v) is 8.41. The number of hydrazine groups is 1. The SMILES string of the molecule is CC(=O)NNC(=O)c1cc(Cl)cc(C)c1NC(=O)c1cc(C(C)C)nn1-c1ncccc1Cl. The molecule has 0 atom stereocenters. The fourth-order valence-corrected chi connectivity index (χ4v) is 3.49. The molecule has 0 radical (unpaired) electrons. The maximum absolute atomic E-state index is 13.4. The van der Waals surface area contributed by atoms with Crippen molar-refractivity contribution in [2.24, 2.45) is 0 Å². The zero-order chi connectivity index (χ0) is 24.3. The number of hydrogen-bond acceptors (Lipinski definition) is 5. The van der Waals surface area contributed by atoms with Crippen molar-refractivity contribution in [2.75, 3.05) is 5.32 Å². The van der Waals surface area contributed by atoms with Crippen molar-refractivity contribution >= 4 is 46.6 Å². The van der Waals surface area contributed by atoms with Crippen molar-refractivity contribution in [1.82, 2.24) is 25.6 Å². The van der Waals surface area contributed by atoms with Gasteiger partial charge in [-0.2, -0.15) is 5.10 Å². The maximum Gasteiger partial charge on any atom is 0.274 e. The van der Waals surface area contributed by atoms with E-state index in [1.165, 1.54) is 17.7 Å². The van der Waals surface area contributed by atoms with Gasteiger partial charge in [0.2, 0.25) is 5.91 Å². The molecule has 0 aliphatic carbocycles. The Bertz CT molecular complexity index is 1240. The van der Waals surface area contributed by atoms with Crippen LogP contribution < -0.4 is 16.2 Å². The minimum atomic E-state index is -0.643. The van der Waals surface area contributed by atoms with Gasteiger partial charge in [-0.25, -0.2) is 9.67 Å². The molecule has 1 aromatic carbocycles. The van der Waals surface area contributed by atoms with E-state index in [2.05, 4.69) is 26.3 Å². The highest BCUT2D eigenvalue weighted by atomic mass is 35.5. The van der Waals surface area contributed by atoms with Gasteiger partial charge in [0.15, 0.2) is 5.82 Å². The van der Waals surface area contributed by atoms with Gasteiger partial charge in [0.25, 0.3) is 11.8 Å². The lowest BCUT2D eigenvalue weighted by Gasteiger charge is -2.15. The number of halogens is 2. The second-order valence-electron chi connectivity index (χ2n) is 7.56. The van der Waals surface area contributed by atoms with Crippen LogP contribution in [0.15, 0.2) is 36.5 Å². The predicted octanol–water partition coefficient (Wildman–Crippen LogP) is 4.04. The van der Waals surface area contributed by atoms with E-state index in [0.29, 0.717) is 27.1 Å². The van der Waals surface area contributed by atoms with Crippen molar-refractivity contribution < 1.29 is 14.4 Å². The Morgan fingerprint density at radius 1 is 1.06 bits per heavy atom. The molecule has 11 heteroatoms. The molecule has 0 aliphatic heterocycles. The average Bonchev–Trinajstić information content (AvgIpc) is 3.19. The Morgan fingerprint density at radius 2 is 1.79 bits per heavy atom. The van der Waals surface area contributed by atoms with Crippen LogP contribution in [0.5, 0.6) is 0 Å². The second kappa shape index (κ2) is 10.0. The van der Waals surface area contributed by atoms with Crippen LogP contribution in [0.1, 0.15) is 58.8 Å². The van der Waals surface area contributed by atoms with Crippen molar-refractivity contribution in [1.29, 1.82) is 0 Å². The summed E-state index contributed by atoms with van der Waals surface area (Å²) in [6, 6.07) is 7.98. The number of nitrogens with one attached hydrogen (secondary N) is 3. The third-order valence-corrected chi connectivity index (χ3v) is 5.14. The molecule has 0 bridgehead atoms. The molecule has 0 fully saturated rings. The number of pyridine rings is 1. The summed E-state index contributed by atoms with van der Waals surface area (Å²) >= 11 is 12.4. The van der Waals surface area contributed by atoms with Crippen LogP contribution in [0.25, 0.3) is 5.82 Å². The zero-order valence-electron chi connectivity index (χ0n) is 18.4. The number of carbonyl (C=O) groups excluding carboxylic acids is 3. The molecule has 3 aromatic rings. The van der Waals surface area contributed by atoms with E-state index in [1.54, 1.807) is 37.4 Å². The van der Waals surface area contributed by atoms with E-state index in [4.69, 9.17) is 23.2 Å². The summed E-state index contributed by atoms with van der Waals surface area (Å²) in [5.74, 6) is -1.29. The largest absolute Gasteiger partial charge is 0.320 e. The molecule has 3 amide bonds. The number of anilines is 1. The van der Waals surface area contributed by atoms with E-state index in [9.17, 15) is 14.4 Å². The Balaban J connectivity index is 2.04. The maximum atomic E-state index is 13.4. The fourth-order valence-electron chi connectivity index (χ4n) is 3.02. The Hall–Kier alpha value is -3.43. The van der Waals surface area contributed by atoms with Gasteiger partial charge < -0.3 is 5.32 Å². The molecule has 33 heavy (non-hydrogen) atoms. The van der Waals surface area contributed by atoms with Crippen LogP contribution >= 0.6 is 23.2 Å². The fraction of sp³-hybridized carbons (Fsp3) is 0.227. The molecule has 9 nitrogen and oxygen atoms in total. The highest BCUT2D eigenvalue weighted by molar-refractivity contribution is 6.32. The number of aromatic nitrogens is 3. The smallest absolute Gasteiger partial charge is 0.274 e. The van der Waals surface area contributed by atoms with Crippen LogP contribution in [0.4, 0.5) is 5.69 Å². The number of carbonyl (C=O) groups is 3. The minimum absolute atomic E-state index is 0.0385. The molecule has 3 N–H and O–H groups in total. The number of amides is 3. The van der Waals surface area contributed by atoms with Crippen LogP contribution in [-0.4, -0.2) is 32.5 Å². The molecular weight excluding hydrogens is 467 g/mol. The Labute approximate surface area is 200 Å². The summed E-state index contributed by atoms with van der Waals surface area (Å²) < 4.78 is 1.37. The molecule has 0 saturated carbocycles. The topological polar surface area (TPSA) is 118 Å². The normalized spacial score (nSPS) is 10.8. The summed E-state index contributed by atoms with van der Waals surface area (Å²) in [5.41, 5.74) is 6.20. The van der Waals surface area contributed by atoms with Gasteiger partial charge in [0, 0.05) is 18.1 Å². The molecule has 0 aliphatic rings. The lowest BCUT2D eigenvalue weighted by molar-refractivity contribution is -0.119. The molecule has 0 spiro atoms. The lowest BCUT2D eigenvalue weighted by Crippen LogP contribution is -2.40. The molecule has 172 valence electrons. The van der Waals surface area contributed by atoms with Gasteiger partial charge in [0.1, 0.15) is 5.69 Å². The van der Waals surface area contributed by atoms with Crippen LogP contribution in [-0.2, 0) is 4.79 Å². The highest BCUT2D eigenvalue weighted by Gasteiger charge is 2.23. The molecule has 0 saturated heterocycles. The number of hydrogen-bond donors (Lipinski definition) is 3. The number of nitrogens with zero attached hydrogens (tertiary/aromatic N) is 3. The van der Waals surface area contributed by atoms with Gasteiger partial charge in [-0.05, 0) is 48.7 Å². The van der Waals surface area contributed by atoms with E-state index in [1.807, 2.05) is 13.8 Å². The number of benzene rings is 1. The van der Waals surface area contributed by atoms with Crippen molar-refractivity contribution in [3.63, 3.8) is 0 Å². The summed E-state index contributed by atoms with van der Waals surface area (Å²) in [7, 11) is 0. The summed E-state index contributed by atoms with van der Waals surface area (Å²) in [6.07, 6.45) is 1.55. The standard InChI is InChI=1S/C22H22Cl2N6O3/c1-11(2)17-10-18(30(29-17)20-16(24)6-5-7-25-20)22(33)26-19-12(3)8-14(23)9-15(19)21(32)28-27-13(4)31/h5-11H,1-4H3,(H,26,33)(H,27,31)(H,28,32). The first-order valence-electron chi connectivity index (χ1n) is 9.97. The van der Waals surface area contributed by atoms with E-state index >= 15 is 0 Å². The summed E-state index contributed by atoms with van der Waals surface area (Å²) in [4.78, 5) is 41.4. The van der Waals surface area contributed by atoms with E-state index in [0.717, 1.165) is 0 Å². The Kier molecular flexibility index (Phi) is 7.35. The quantitative estimate of drug-likeness (QED) is 0.468. The predicted molar refractivity (Wildman–Crippen MR) is 126 cm³/mol. The molecule has 0 unspecified atom stereocenters. The molecule has 2 aromatic heterocycles. The first kappa shape index (κ1) is 24.2. The number of aryl methyl sites for hydroxylation is 1.